The largest absolute Gasteiger partial charge is 0.444 e. The number of carbonyl (C=O) groups excluding carboxylic acids is 1. The fraction of sp³-hybridized carbons (Fsp3) is 0.769. The van der Waals surface area contributed by atoms with Gasteiger partial charge in [-0.3, -0.25) is 0 Å². The van der Waals surface area contributed by atoms with Crippen LogP contribution in [0.15, 0.2) is 11.4 Å². The molecule has 0 spiro atoms. The van der Waals surface area contributed by atoms with Crippen LogP contribution in [0.3, 0.4) is 0 Å². The highest BCUT2D eigenvalue weighted by atomic mass is 19.1. The molecule has 1 aliphatic rings. The molecule has 1 heterocycles. The third-order valence-electron chi connectivity index (χ3n) is 2.76. The van der Waals surface area contributed by atoms with Crippen molar-refractivity contribution in [3.63, 3.8) is 0 Å². The molecule has 0 aromatic carbocycles. The van der Waals surface area contributed by atoms with E-state index < -0.39 is 18.0 Å². The minimum atomic E-state index is -0.554. The topological polar surface area (TPSA) is 49.8 Å². The summed E-state index contributed by atoms with van der Waals surface area (Å²) in [7, 11) is 0. The summed E-state index contributed by atoms with van der Waals surface area (Å²) in [6.45, 7) is 5.91. The van der Waals surface area contributed by atoms with Gasteiger partial charge in [0.15, 0.2) is 0 Å². The average molecular weight is 259 g/mol. The van der Waals surface area contributed by atoms with Crippen molar-refractivity contribution in [2.45, 2.75) is 45.6 Å². The number of nitrogens with zero attached hydrogens (tertiary/aromatic N) is 1. The zero-order valence-electron chi connectivity index (χ0n) is 11.3. The summed E-state index contributed by atoms with van der Waals surface area (Å²) in [5, 5.41) is 8.77. The molecule has 0 aromatic heterocycles. The van der Waals surface area contributed by atoms with Crippen molar-refractivity contribution >= 4 is 6.09 Å². The van der Waals surface area contributed by atoms with Crippen molar-refractivity contribution < 1.29 is 19.0 Å². The van der Waals surface area contributed by atoms with Crippen LogP contribution in [0.4, 0.5) is 9.18 Å². The molecular formula is C13H22FNO3. The number of ether oxygens (including phenoxy) is 1. The molecule has 0 bridgehead atoms. The number of aliphatic hydroxyl groups is 1. The molecule has 0 unspecified atom stereocenters. The second kappa shape index (κ2) is 6.18. The number of amides is 1. The van der Waals surface area contributed by atoms with Gasteiger partial charge in [-0.15, -0.1) is 0 Å². The van der Waals surface area contributed by atoms with E-state index in [0.717, 1.165) is 0 Å². The summed E-state index contributed by atoms with van der Waals surface area (Å²) in [4.78, 5) is 13.5. The van der Waals surface area contributed by atoms with Gasteiger partial charge in [-0.2, -0.15) is 0 Å². The van der Waals surface area contributed by atoms with Gasteiger partial charge in [-0.05, 0) is 45.6 Å². The Hall–Kier alpha value is -1.10. The SMILES string of the molecule is CC(C)(C)OC(=O)N1CCC/C(=C(/F)CO)CC1. The van der Waals surface area contributed by atoms with E-state index in [1.807, 2.05) is 20.8 Å². The third-order valence-corrected chi connectivity index (χ3v) is 2.76. The monoisotopic (exact) mass is 259 g/mol. The van der Waals surface area contributed by atoms with Crippen LogP contribution in [0.2, 0.25) is 0 Å². The minimum absolute atomic E-state index is 0.354. The molecule has 0 atom stereocenters. The Morgan fingerprint density at radius 1 is 1.39 bits per heavy atom. The Balaban J connectivity index is 2.60. The van der Waals surface area contributed by atoms with Gasteiger partial charge in [0, 0.05) is 13.1 Å². The standard InChI is InChI=1S/C13H22FNO3/c1-13(2,3)18-12(17)15-7-4-5-10(6-8-15)11(14)9-16/h16H,4-9H2,1-3H3/b11-10-. The van der Waals surface area contributed by atoms with Crippen molar-refractivity contribution in [2.75, 3.05) is 19.7 Å². The van der Waals surface area contributed by atoms with Crippen molar-refractivity contribution in [3.05, 3.63) is 11.4 Å². The molecule has 104 valence electrons. The number of likely N-dealkylation sites (tertiary alicyclic amines) is 1. The number of halogens is 1. The first kappa shape index (κ1) is 15.0. The minimum Gasteiger partial charge on any atom is -0.444 e. The van der Waals surface area contributed by atoms with E-state index in [0.29, 0.717) is 37.9 Å². The lowest BCUT2D eigenvalue weighted by Crippen LogP contribution is -2.37. The van der Waals surface area contributed by atoms with Gasteiger partial charge >= 0.3 is 6.09 Å². The molecule has 5 heteroatoms. The highest BCUT2D eigenvalue weighted by Gasteiger charge is 2.24. The second-order valence-corrected chi connectivity index (χ2v) is 5.49. The molecule has 1 N–H and O–H groups in total. The Bertz CT molecular complexity index is 334. The highest BCUT2D eigenvalue weighted by Crippen LogP contribution is 2.22. The predicted molar refractivity (Wildman–Crippen MR) is 66.9 cm³/mol. The summed E-state index contributed by atoms with van der Waals surface area (Å²) in [5.41, 5.74) is 0.0989. The zero-order valence-corrected chi connectivity index (χ0v) is 11.3. The molecule has 1 aliphatic heterocycles. The van der Waals surface area contributed by atoms with Crippen molar-refractivity contribution in [1.82, 2.24) is 4.90 Å². The first-order valence-electron chi connectivity index (χ1n) is 6.28. The van der Waals surface area contributed by atoms with Gasteiger partial charge in [0.1, 0.15) is 11.4 Å². The van der Waals surface area contributed by atoms with Crippen molar-refractivity contribution in [2.24, 2.45) is 0 Å². The van der Waals surface area contributed by atoms with E-state index in [-0.39, 0.29) is 6.09 Å². The summed E-state index contributed by atoms with van der Waals surface area (Å²) in [6.07, 6.45) is 1.40. The van der Waals surface area contributed by atoms with Gasteiger partial charge in [0.25, 0.3) is 0 Å². The molecule has 18 heavy (non-hydrogen) atoms. The molecule has 1 amide bonds. The number of rotatable bonds is 1. The zero-order chi connectivity index (χ0) is 13.8. The Morgan fingerprint density at radius 2 is 2.06 bits per heavy atom. The molecule has 0 aromatic rings. The maximum absolute atomic E-state index is 13.3. The van der Waals surface area contributed by atoms with Gasteiger partial charge < -0.3 is 14.7 Å². The summed E-state index contributed by atoms with van der Waals surface area (Å²) < 4.78 is 18.6. The maximum atomic E-state index is 13.3. The molecule has 4 nitrogen and oxygen atoms in total. The van der Waals surface area contributed by atoms with Gasteiger partial charge in [0.2, 0.25) is 0 Å². The van der Waals surface area contributed by atoms with E-state index >= 15 is 0 Å². The van der Waals surface area contributed by atoms with E-state index in [2.05, 4.69) is 0 Å². The van der Waals surface area contributed by atoms with Gasteiger partial charge in [-0.25, -0.2) is 9.18 Å². The predicted octanol–water partition coefficient (Wildman–Crippen LogP) is 2.62. The summed E-state index contributed by atoms with van der Waals surface area (Å²) >= 11 is 0. The van der Waals surface area contributed by atoms with E-state index in [9.17, 15) is 9.18 Å². The van der Waals surface area contributed by atoms with Crippen LogP contribution >= 0.6 is 0 Å². The number of hydrogen-bond acceptors (Lipinski definition) is 3. The van der Waals surface area contributed by atoms with E-state index in [4.69, 9.17) is 9.84 Å². The molecule has 0 saturated carbocycles. The van der Waals surface area contributed by atoms with Crippen LogP contribution in [0.1, 0.15) is 40.0 Å². The lowest BCUT2D eigenvalue weighted by Gasteiger charge is -2.26. The van der Waals surface area contributed by atoms with Crippen LogP contribution in [-0.2, 0) is 4.74 Å². The number of hydrogen-bond donors (Lipinski definition) is 1. The molecule has 1 fully saturated rings. The van der Waals surface area contributed by atoms with Gasteiger partial charge in [-0.1, -0.05) is 0 Å². The van der Waals surface area contributed by atoms with Gasteiger partial charge in [0.05, 0.1) is 6.61 Å². The first-order valence-corrected chi connectivity index (χ1v) is 6.28. The smallest absolute Gasteiger partial charge is 0.410 e. The lowest BCUT2D eigenvalue weighted by atomic mass is 10.1. The van der Waals surface area contributed by atoms with E-state index in [1.54, 1.807) is 4.90 Å². The van der Waals surface area contributed by atoms with Crippen LogP contribution in [-0.4, -0.2) is 41.4 Å². The summed E-state index contributed by atoms with van der Waals surface area (Å²) in [6, 6.07) is 0. The fourth-order valence-electron chi connectivity index (χ4n) is 1.88. The van der Waals surface area contributed by atoms with Crippen LogP contribution < -0.4 is 0 Å². The molecular weight excluding hydrogens is 237 g/mol. The molecule has 1 rings (SSSR count). The number of carbonyl (C=O) groups is 1. The number of aliphatic hydroxyl groups excluding tert-OH is 1. The molecule has 0 aliphatic carbocycles. The average Bonchev–Trinajstić information content (AvgIpc) is 2.51. The van der Waals surface area contributed by atoms with Crippen LogP contribution in [0, 0.1) is 0 Å². The highest BCUT2D eigenvalue weighted by molar-refractivity contribution is 5.68. The Morgan fingerprint density at radius 3 is 2.61 bits per heavy atom. The fourth-order valence-corrected chi connectivity index (χ4v) is 1.88. The Kier molecular flexibility index (Phi) is 5.14. The molecule has 0 radical (unpaired) electrons. The first-order chi connectivity index (χ1) is 8.33. The Labute approximate surface area is 107 Å². The second-order valence-electron chi connectivity index (χ2n) is 5.49. The molecule has 1 saturated heterocycles. The maximum Gasteiger partial charge on any atom is 0.410 e. The van der Waals surface area contributed by atoms with Crippen LogP contribution in [0.25, 0.3) is 0 Å². The van der Waals surface area contributed by atoms with Crippen LogP contribution in [0.5, 0.6) is 0 Å². The van der Waals surface area contributed by atoms with E-state index in [1.165, 1.54) is 0 Å². The van der Waals surface area contributed by atoms with Crippen molar-refractivity contribution in [3.8, 4) is 0 Å². The summed E-state index contributed by atoms with van der Waals surface area (Å²) in [5.74, 6) is -0.457. The van der Waals surface area contributed by atoms with Crippen molar-refractivity contribution in [1.29, 1.82) is 0 Å². The lowest BCUT2D eigenvalue weighted by molar-refractivity contribution is 0.0258. The third kappa shape index (κ3) is 4.64. The normalized spacial score (nSPS) is 20.4. The quantitative estimate of drug-likeness (QED) is 0.787.